The number of fused-ring (bicyclic) bond motifs is 1. The van der Waals surface area contributed by atoms with Crippen LogP contribution in [0.4, 0.5) is 5.69 Å². The molecule has 3 amide bonds. The number of rotatable bonds is 14. The summed E-state index contributed by atoms with van der Waals surface area (Å²) in [6.45, 7) is 14.5. The molecule has 2 bridgehead atoms. The first-order chi connectivity index (χ1) is 22.1. The van der Waals surface area contributed by atoms with Crippen molar-refractivity contribution in [1.82, 2.24) is 9.80 Å². The van der Waals surface area contributed by atoms with Crippen molar-refractivity contribution in [2.45, 2.75) is 62.4 Å². The third-order valence-corrected chi connectivity index (χ3v) is 10.3. The summed E-state index contributed by atoms with van der Waals surface area (Å²) in [7, 11) is 0. The summed E-state index contributed by atoms with van der Waals surface area (Å²) >= 11 is 3.77. The molecule has 7 atom stereocenters. The monoisotopic (exact) mass is 693 g/mol. The van der Waals surface area contributed by atoms with Crippen LogP contribution in [0, 0.1) is 17.8 Å². The molecule has 3 fully saturated rings. The topological polar surface area (TPSA) is 99.6 Å². The molecule has 1 N–H and O–H groups in total. The zero-order chi connectivity index (χ0) is 33.2. The first-order valence-corrected chi connectivity index (χ1v) is 16.9. The van der Waals surface area contributed by atoms with Gasteiger partial charge in [-0.2, -0.15) is 0 Å². The van der Waals surface area contributed by atoms with Gasteiger partial charge >= 0.3 is 0 Å². The molecule has 3 saturated heterocycles. The average molecular weight is 695 g/mol. The molecule has 246 valence electrons. The van der Waals surface area contributed by atoms with E-state index in [4.69, 9.17) is 9.47 Å². The second kappa shape index (κ2) is 14.1. The molecule has 1 spiro atoms. The van der Waals surface area contributed by atoms with E-state index in [-0.39, 0.29) is 48.2 Å². The zero-order valence-corrected chi connectivity index (χ0v) is 28.3. The van der Waals surface area contributed by atoms with Crippen molar-refractivity contribution >= 4 is 39.3 Å². The summed E-state index contributed by atoms with van der Waals surface area (Å²) in [4.78, 5) is 48.7. The number of halogens is 1. The molecular formula is C36H44BrN3O6. The van der Waals surface area contributed by atoms with Gasteiger partial charge in [0, 0.05) is 30.1 Å². The fourth-order valence-corrected chi connectivity index (χ4v) is 8.43. The Labute approximate surface area is 280 Å². The Balaban J connectivity index is 1.57. The van der Waals surface area contributed by atoms with Crippen LogP contribution in [-0.4, -0.2) is 87.5 Å². The van der Waals surface area contributed by atoms with E-state index < -0.39 is 35.6 Å². The van der Waals surface area contributed by atoms with Gasteiger partial charge in [0.15, 0.2) is 0 Å². The van der Waals surface area contributed by atoms with Crippen molar-refractivity contribution in [2.75, 3.05) is 31.2 Å². The highest BCUT2D eigenvalue weighted by molar-refractivity contribution is 9.09. The first kappa shape index (κ1) is 33.9. The number of carbonyl (C=O) groups is 3. The van der Waals surface area contributed by atoms with Crippen molar-refractivity contribution < 1.29 is 29.0 Å². The summed E-state index contributed by atoms with van der Waals surface area (Å²) in [6.07, 6.45) is 3.07. The van der Waals surface area contributed by atoms with Gasteiger partial charge in [-0.1, -0.05) is 72.3 Å². The lowest BCUT2D eigenvalue weighted by Crippen LogP contribution is -2.59. The summed E-state index contributed by atoms with van der Waals surface area (Å²) in [6, 6.07) is 15.2. The lowest BCUT2D eigenvalue weighted by Gasteiger charge is -2.40. The zero-order valence-electron chi connectivity index (χ0n) is 26.8. The van der Waals surface area contributed by atoms with Crippen molar-refractivity contribution in [3.63, 3.8) is 0 Å². The standard InChI is InChI=1S/C36H44BrN3O6/c1-6-18-38(21-24-12-10-9-11-13-24)35(44)32-36-20-27(37)31(46-36)29(30(36)34(43)40(32)28(22-41)23(4)5)33(42)39(19-7-2)25-14-16-26(17-15-25)45-8-3/h6-7,9-17,23,27-32,41H,1-2,8,18-22H2,3-5H3/t27?,28-,29-,30-,31-,32?,36?/m0/s1. The van der Waals surface area contributed by atoms with Gasteiger partial charge in [-0.15, -0.1) is 13.2 Å². The minimum atomic E-state index is -1.26. The number of benzene rings is 2. The second-order valence-electron chi connectivity index (χ2n) is 12.6. The van der Waals surface area contributed by atoms with E-state index in [9.17, 15) is 19.5 Å². The van der Waals surface area contributed by atoms with Gasteiger partial charge in [-0.05, 0) is 49.1 Å². The predicted molar refractivity (Wildman–Crippen MR) is 180 cm³/mol. The van der Waals surface area contributed by atoms with Crippen molar-refractivity contribution in [3.8, 4) is 5.75 Å². The molecule has 9 nitrogen and oxygen atoms in total. The van der Waals surface area contributed by atoms with Gasteiger partial charge in [-0.3, -0.25) is 14.4 Å². The van der Waals surface area contributed by atoms with Gasteiger partial charge in [0.05, 0.1) is 37.2 Å². The first-order valence-electron chi connectivity index (χ1n) is 16.0. The van der Waals surface area contributed by atoms with Crippen LogP contribution in [0.15, 0.2) is 79.9 Å². The molecule has 3 heterocycles. The molecule has 2 aromatic carbocycles. The van der Waals surface area contributed by atoms with Gasteiger partial charge < -0.3 is 29.3 Å². The molecule has 0 saturated carbocycles. The van der Waals surface area contributed by atoms with E-state index in [1.165, 1.54) is 4.90 Å². The lowest BCUT2D eigenvalue weighted by atomic mass is 9.70. The molecule has 3 unspecified atom stereocenters. The molecule has 0 aliphatic carbocycles. The van der Waals surface area contributed by atoms with Crippen LogP contribution in [0.5, 0.6) is 5.75 Å². The van der Waals surface area contributed by atoms with E-state index in [0.29, 0.717) is 31.0 Å². The highest BCUT2D eigenvalue weighted by Gasteiger charge is 2.77. The Kier molecular flexibility index (Phi) is 10.4. The number of amides is 3. The van der Waals surface area contributed by atoms with Crippen molar-refractivity contribution in [2.24, 2.45) is 17.8 Å². The maximum absolute atomic E-state index is 14.8. The molecule has 0 radical (unpaired) electrons. The minimum Gasteiger partial charge on any atom is -0.494 e. The molecule has 3 aliphatic rings. The Morgan fingerprint density at radius 1 is 1.11 bits per heavy atom. The third-order valence-electron chi connectivity index (χ3n) is 9.47. The summed E-state index contributed by atoms with van der Waals surface area (Å²) < 4.78 is 12.4. The highest BCUT2D eigenvalue weighted by Crippen LogP contribution is 2.61. The lowest BCUT2D eigenvalue weighted by molar-refractivity contribution is -0.152. The number of hydrogen-bond donors (Lipinski definition) is 1. The molecule has 3 aliphatic heterocycles. The van der Waals surface area contributed by atoms with Gasteiger partial charge in [0.25, 0.3) is 0 Å². The number of ether oxygens (including phenoxy) is 2. The fourth-order valence-electron chi connectivity index (χ4n) is 7.49. The number of hydrogen-bond acceptors (Lipinski definition) is 6. The van der Waals surface area contributed by atoms with Gasteiger partial charge in [-0.25, -0.2) is 0 Å². The molecular weight excluding hydrogens is 650 g/mol. The van der Waals surface area contributed by atoms with Crippen molar-refractivity contribution in [1.29, 1.82) is 0 Å². The Morgan fingerprint density at radius 3 is 2.37 bits per heavy atom. The van der Waals surface area contributed by atoms with Crippen LogP contribution < -0.4 is 9.64 Å². The fraction of sp³-hybridized carbons (Fsp3) is 0.472. The van der Waals surface area contributed by atoms with Crippen LogP contribution in [0.1, 0.15) is 32.8 Å². The Hall–Kier alpha value is -3.47. The van der Waals surface area contributed by atoms with E-state index in [1.54, 1.807) is 34.1 Å². The van der Waals surface area contributed by atoms with E-state index >= 15 is 0 Å². The summed E-state index contributed by atoms with van der Waals surface area (Å²) in [5.74, 6) is -2.14. The number of aliphatic hydroxyl groups is 1. The largest absolute Gasteiger partial charge is 0.494 e. The highest BCUT2D eigenvalue weighted by atomic mass is 79.9. The minimum absolute atomic E-state index is 0.159. The van der Waals surface area contributed by atoms with Crippen LogP contribution in [0.25, 0.3) is 0 Å². The number of nitrogens with zero attached hydrogens (tertiary/aromatic N) is 3. The average Bonchev–Trinajstić information content (AvgIpc) is 3.64. The van der Waals surface area contributed by atoms with E-state index in [0.717, 1.165) is 5.56 Å². The van der Waals surface area contributed by atoms with E-state index in [1.807, 2.05) is 63.2 Å². The maximum Gasteiger partial charge on any atom is 0.249 e. The van der Waals surface area contributed by atoms with Crippen molar-refractivity contribution in [3.05, 3.63) is 85.5 Å². The number of alkyl halides is 1. The summed E-state index contributed by atoms with van der Waals surface area (Å²) in [5.41, 5.74) is 0.315. The Morgan fingerprint density at radius 2 is 1.78 bits per heavy atom. The van der Waals surface area contributed by atoms with Crippen LogP contribution in [0.2, 0.25) is 0 Å². The Bertz CT molecular complexity index is 1430. The molecule has 46 heavy (non-hydrogen) atoms. The number of anilines is 1. The molecule has 10 heteroatoms. The maximum atomic E-state index is 14.8. The van der Waals surface area contributed by atoms with Gasteiger partial charge in [0.1, 0.15) is 17.4 Å². The third kappa shape index (κ3) is 5.91. The normalized spacial score (nSPS) is 27.0. The SMILES string of the molecule is C=CCN(Cc1ccccc1)C(=O)C1N([C@@H](CO)C(C)C)C(=O)[C@@H]2[C@H](C(=O)N(CC=C)c3ccc(OCC)cc3)[C@H]3OC12CC3Br. The van der Waals surface area contributed by atoms with Crippen LogP contribution in [0.3, 0.4) is 0 Å². The second-order valence-corrected chi connectivity index (χ2v) is 13.7. The molecule has 2 aromatic rings. The van der Waals surface area contributed by atoms with Crippen LogP contribution in [-0.2, 0) is 25.7 Å². The van der Waals surface area contributed by atoms with Crippen LogP contribution >= 0.6 is 15.9 Å². The summed E-state index contributed by atoms with van der Waals surface area (Å²) in [5, 5.41) is 10.6. The number of likely N-dealkylation sites (tertiary alicyclic amines) is 1. The molecule has 0 aromatic heterocycles. The number of aliphatic hydroxyl groups excluding tert-OH is 1. The smallest absolute Gasteiger partial charge is 0.249 e. The number of carbonyl (C=O) groups excluding carboxylic acids is 3. The van der Waals surface area contributed by atoms with Gasteiger partial charge in [0.2, 0.25) is 17.7 Å². The van der Waals surface area contributed by atoms with E-state index in [2.05, 4.69) is 29.1 Å². The quantitative estimate of drug-likeness (QED) is 0.230. The molecule has 5 rings (SSSR count). The predicted octanol–water partition coefficient (Wildman–Crippen LogP) is 4.58.